The van der Waals surface area contributed by atoms with Gasteiger partial charge >= 0.3 is 0 Å². The Balaban J connectivity index is 1.76. The van der Waals surface area contributed by atoms with Gasteiger partial charge in [0.05, 0.1) is 6.54 Å². The molecule has 4 nitrogen and oxygen atoms in total. The maximum atomic E-state index is 12.7. The number of benzene rings is 2. The lowest BCUT2D eigenvalue weighted by atomic mass is 10.2. The zero-order valence-corrected chi connectivity index (χ0v) is 13.2. The van der Waals surface area contributed by atoms with Crippen LogP contribution in [0.25, 0.3) is 0 Å². The van der Waals surface area contributed by atoms with Gasteiger partial charge in [0.2, 0.25) is 5.91 Å². The van der Waals surface area contributed by atoms with E-state index in [1.807, 2.05) is 0 Å². The minimum absolute atomic E-state index is 0.115. The first-order valence-electron chi connectivity index (χ1n) is 6.59. The highest BCUT2D eigenvalue weighted by atomic mass is 79.9. The average Bonchev–Trinajstić information content (AvgIpc) is 2.52. The smallest absolute Gasteiger partial charge is 0.251 e. The molecular formula is C16H14BrFN2O2. The van der Waals surface area contributed by atoms with Crippen molar-refractivity contribution in [3.05, 3.63) is 69.9 Å². The number of hydrogen-bond donors (Lipinski definition) is 2. The second-order valence-corrected chi connectivity index (χ2v) is 5.51. The van der Waals surface area contributed by atoms with E-state index in [4.69, 9.17) is 0 Å². The van der Waals surface area contributed by atoms with Crippen LogP contribution in [0.5, 0.6) is 0 Å². The van der Waals surface area contributed by atoms with Crippen molar-refractivity contribution in [1.29, 1.82) is 0 Å². The minimum atomic E-state index is -0.322. The molecule has 0 radical (unpaired) electrons. The molecule has 0 aliphatic rings. The van der Waals surface area contributed by atoms with E-state index in [0.717, 1.165) is 10.0 Å². The molecule has 0 saturated carbocycles. The maximum Gasteiger partial charge on any atom is 0.251 e. The highest BCUT2D eigenvalue weighted by Gasteiger charge is 2.07. The van der Waals surface area contributed by atoms with Gasteiger partial charge in [0.1, 0.15) is 5.82 Å². The first-order chi connectivity index (χ1) is 10.5. The molecule has 2 amide bonds. The van der Waals surface area contributed by atoms with Gasteiger partial charge in [-0.1, -0.05) is 28.1 Å². The summed E-state index contributed by atoms with van der Waals surface area (Å²) in [6.45, 7) is 0.170. The monoisotopic (exact) mass is 364 g/mol. The number of rotatable bonds is 5. The number of amides is 2. The van der Waals surface area contributed by atoms with Crippen molar-refractivity contribution >= 4 is 27.7 Å². The van der Waals surface area contributed by atoms with Crippen molar-refractivity contribution in [2.45, 2.75) is 6.54 Å². The van der Waals surface area contributed by atoms with Gasteiger partial charge in [-0.05, 0) is 42.0 Å². The van der Waals surface area contributed by atoms with Crippen molar-refractivity contribution in [2.24, 2.45) is 0 Å². The summed E-state index contributed by atoms with van der Waals surface area (Å²) in [7, 11) is 0. The third-order valence-electron chi connectivity index (χ3n) is 2.92. The lowest BCUT2D eigenvalue weighted by Gasteiger charge is -2.07. The first-order valence-corrected chi connectivity index (χ1v) is 7.39. The van der Waals surface area contributed by atoms with Crippen LogP contribution in [0.4, 0.5) is 4.39 Å². The largest absolute Gasteiger partial charge is 0.350 e. The second kappa shape index (κ2) is 7.70. The van der Waals surface area contributed by atoms with Gasteiger partial charge in [0.25, 0.3) is 5.91 Å². The number of nitrogens with one attached hydrogen (secondary N) is 2. The molecule has 0 bridgehead atoms. The Morgan fingerprint density at radius 2 is 1.59 bits per heavy atom. The predicted molar refractivity (Wildman–Crippen MR) is 84.7 cm³/mol. The van der Waals surface area contributed by atoms with Crippen LogP contribution >= 0.6 is 15.9 Å². The van der Waals surface area contributed by atoms with Gasteiger partial charge in [0, 0.05) is 16.6 Å². The van der Waals surface area contributed by atoms with Gasteiger partial charge in [-0.2, -0.15) is 0 Å². The Labute approximate surface area is 135 Å². The van der Waals surface area contributed by atoms with Crippen LogP contribution in [-0.2, 0) is 11.3 Å². The molecule has 22 heavy (non-hydrogen) atoms. The third kappa shape index (κ3) is 4.96. The molecule has 0 spiro atoms. The van der Waals surface area contributed by atoms with Crippen molar-refractivity contribution in [3.63, 3.8) is 0 Å². The summed E-state index contributed by atoms with van der Waals surface area (Å²) in [6, 6.07) is 12.7. The highest BCUT2D eigenvalue weighted by molar-refractivity contribution is 9.10. The van der Waals surface area contributed by atoms with Gasteiger partial charge in [-0.25, -0.2) is 4.39 Å². The van der Waals surface area contributed by atoms with Crippen LogP contribution < -0.4 is 10.6 Å². The Kier molecular flexibility index (Phi) is 5.66. The summed E-state index contributed by atoms with van der Waals surface area (Å²) in [4.78, 5) is 23.5. The fraction of sp³-hybridized carbons (Fsp3) is 0.125. The van der Waals surface area contributed by atoms with Crippen LogP contribution in [0.1, 0.15) is 15.9 Å². The molecule has 0 aliphatic carbocycles. The SMILES string of the molecule is O=C(CNC(=O)c1ccc(Br)cc1)NCc1ccc(F)cc1. The molecule has 0 aromatic heterocycles. The van der Waals surface area contributed by atoms with Crippen LogP contribution in [0.2, 0.25) is 0 Å². The maximum absolute atomic E-state index is 12.7. The Bertz CT molecular complexity index is 657. The molecule has 2 aromatic carbocycles. The number of halogens is 2. The molecule has 2 aromatic rings. The molecule has 0 saturated heterocycles. The normalized spacial score (nSPS) is 10.1. The van der Waals surface area contributed by atoms with E-state index in [2.05, 4.69) is 26.6 Å². The molecule has 2 N–H and O–H groups in total. The molecule has 0 fully saturated rings. The van der Waals surface area contributed by atoms with Crippen molar-refractivity contribution in [1.82, 2.24) is 10.6 Å². The standard InChI is InChI=1S/C16H14BrFN2O2/c17-13-5-3-12(4-6-13)16(22)20-10-15(21)19-9-11-1-7-14(18)8-2-11/h1-8H,9-10H2,(H,19,21)(H,20,22). The first kappa shape index (κ1) is 16.2. The highest BCUT2D eigenvalue weighted by Crippen LogP contribution is 2.10. The van der Waals surface area contributed by atoms with E-state index in [-0.39, 0.29) is 30.7 Å². The van der Waals surface area contributed by atoms with Gasteiger partial charge in [-0.15, -0.1) is 0 Å². The Hall–Kier alpha value is -2.21. The van der Waals surface area contributed by atoms with Crippen LogP contribution in [0.3, 0.4) is 0 Å². The van der Waals surface area contributed by atoms with E-state index < -0.39 is 0 Å². The number of carbonyl (C=O) groups is 2. The van der Waals surface area contributed by atoms with Crippen molar-refractivity contribution < 1.29 is 14.0 Å². The van der Waals surface area contributed by atoms with E-state index in [1.165, 1.54) is 12.1 Å². The summed E-state index contributed by atoms with van der Waals surface area (Å²) >= 11 is 3.28. The fourth-order valence-corrected chi connectivity index (χ4v) is 1.99. The second-order valence-electron chi connectivity index (χ2n) is 4.59. The van der Waals surface area contributed by atoms with Gasteiger partial charge < -0.3 is 10.6 Å². The number of carbonyl (C=O) groups excluding carboxylic acids is 2. The number of hydrogen-bond acceptors (Lipinski definition) is 2. The van der Waals surface area contributed by atoms with Gasteiger partial charge in [-0.3, -0.25) is 9.59 Å². The molecule has 6 heteroatoms. The zero-order chi connectivity index (χ0) is 15.9. The van der Waals surface area contributed by atoms with Crippen LogP contribution in [-0.4, -0.2) is 18.4 Å². The van der Waals surface area contributed by atoms with Crippen molar-refractivity contribution in [2.75, 3.05) is 6.54 Å². The molecule has 0 heterocycles. The quantitative estimate of drug-likeness (QED) is 0.856. The molecule has 114 valence electrons. The lowest BCUT2D eigenvalue weighted by Crippen LogP contribution is -2.36. The molecule has 2 rings (SSSR count). The summed E-state index contributed by atoms with van der Waals surface area (Å²) in [6.07, 6.45) is 0. The zero-order valence-electron chi connectivity index (χ0n) is 11.6. The van der Waals surface area contributed by atoms with E-state index in [1.54, 1.807) is 36.4 Å². The molecule has 0 atom stereocenters. The third-order valence-corrected chi connectivity index (χ3v) is 3.45. The van der Waals surface area contributed by atoms with Crippen LogP contribution in [0.15, 0.2) is 53.0 Å². The topological polar surface area (TPSA) is 58.2 Å². The summed E-state index contributed by atoms with van der Waals surface area (Å²) in [5, 5.41) is 5.19. The summed E-state index contributed by atoms with van der Waals surface area (Å²) in [5.74, 6) is -0.948. The van der Waals surface area contributed by atoms with E-state index in [9.17, 15) is 14.0 Å². The predicted octanol–water partition coefficient (Wildman–Crippen LogP) is 2.63. The van der Waals surface area contributed by atoms with Gasteiger partial charge in [0.15, 0.2) is 0 Å². The summed E-state index contributed by atoms with van der Waals surface area (Å²) in [5.41, 5.74) is 1.27. The molecule has 0 aliphatic heterocycles. The minimum Gasteiger partial charge on any atom is -0.350 e. The van der Waals surface area contributed by atoms with Crippen molar-refractivity contribution in [3.8, 4) is 0 Å². The van der Waals surface area contributed by atoms with E-state index >= 15 is 0 Å². The van der Waals surface area contributed by atoms with Crippen LogP contribution in [0, 0.1) is 5.82 Å². The Morgan fingerprint density at radius 3 is 2.23 bits per heavy atom. The Morgan fingerprint density at radius 1 is 0.955 bits per heavy atom. The average molecular weight is 365 g/mol. The lowest BCUT2D eigenvalue weighted by molar-refractivity contribution is -0.120. The molecular weight excluding hydrogens is 351 g/mol. The van der Waals surface area contributed by atoms with E-state index in [0.29, 0.717) is 5.56 Å². The summed E-state index contributed by atoms with van der Waals surface area (Å²) < 4.78 is 13.6. The molecule has 0 unspecified atom stereocenters. The fourth-order valence-electron chi connectivity index (χ4n) is 1.73.